The van der Waals surface area contributed by atoms with Gasteiger partial charge in [-0.1, -0.05) is 56.3 Å². The van der Waals surface area contributed by atoms with Crippen LogP contribution in [0, 0.1) is 5.41 Å². The van der Waals surface area contributed by atoms with Crippen LogP contribution < -0.4 is 5.32 Å². The molecule has 0 spiro atoms. The monoisotopic (exact) mass is 346 g/mol. The average Bonchev–Trinajstić information content (AvgIpc) is 3.02. The molecular weight excluding hydrogens is 324 g/mol. The molecular formula is C22H22N2O2. The maximum absolute atomic E-state index is 12.6. The lowest BCUT2D eigenvalue weighted by Gasteiger charge is -2.22. The molecule has 1 N–H and O–H groups in total. The van der Waals surface area contributed by atoms with Gasteiger partial charge in [-0.25, -0.2) is 4.98 Å². The largest absolute Gasteiger partial charge is 0.444 e. The molecule has 0 saturated heterocycles. The summed E-state index contributed by atoms with van der Waals surface area (Å²) in [5.41, 5.74) is 3.06. The normalized spacial score (nSPS) is 20.5. The van der Waals surface area contributed by atoms with E-state index in [1.165, 1.54) is 12.0 Å². The SMILES string of the molecule is CC1(C)C[C@]1(CNC(=O)c1ccc(-c2cnco2)cc1)c1ccccc1. The third-order valence-electron chi connectivity index (χ3n) is 5.66. The topological polar surface area (TPSA) is 55.1 Å². The standard InChI is InChI=1S/C22H22N2O2/c1-21(2)13-22(21,18-6-4-3-5-7-18)14-24-20(25)17-10-8-16(9-11-17)19-12-23-15-26-19/h3-12,15H,13-14H2,1-2H3,(H,24,25)/t22-/m0/s1. The number of carbonyl (C=O) groups is 1. The second-order valence-corrected chi connectivity index (χ2v) is 7.63. The lowest BCUT2D eigenvalue weighted by molar-refractivity contribution is 0.0948. The Hall–Kier alpha value is -2.88. The van der Waals surface area contributed by atoms with Crippen LogP contribution in [0.25, 0.3) is 11.3 Å². The smallest absolute Gasteiger partial charge is 0.251 e. The Labute approximate surface area is 153 Å². The molecule has 1 aliphatic rings. The zero-order valence-corrected chi connectivity index (χ0v) is 15.0. The summed E-state index contributed by atoms with van der Waals surface area (Å²) in [6, 6.07) is 17.9. The molecule has 1 aliphatic carbocycles. The van der Waals surface area contributed by atoms with Gasteiger partial charge in [-0.05, 0) is 29.5 Å². The van der Waals surface area contributed by atoms with Crippen molar-refractivity contribution in [3.8, 4) is 11.3 Å². The van der Waals surface area contributed by atoms with Crippen molar-refractivity contribution in [1.82, 2.24) is 10.3 Å². The Kier molecular flexibility index (Phi) is 3.91. The number of nitrogens with zero attached hydrogens (tertiary/aromatic N) is 1. The zero-order chi connectivity index (χ0) is 18.2. The summed E-state index contributed by atoms with van der Waals surface area (Å²) in [5, 5.41) is 3.14. The van der Waals surface area contributed by atoms with Crippen molar-refractivity contribution in [2.75, 3.05) is 6.54 Å². The van der Waals surface area contributed by atoms with Crippen LogP contribution in [0.4, 0.5) is 0 Å². The first kappa shape index (κ1) is 16.6. The van der Waals surface area contributed by atoms with Gasteiger partial charge < -0.3 is 9.73 Å². The van der Waals surface area contributed by atoms with Gasteiger partial charge in [0.1, 0.15) is 0 Å². The third kappa shape index (κ3) is 2.81. The Bertz CT molecular complexity index is 899. The molecule has 3 aromatic rings. The molecule has 1 saturated carbocycles. The lowest BCUT2D eigenvalue weighted by atomic mass is 9.87. The highest BCUT2D eigenvalue weighted by Crippen LogP contribution is 2.63. The van der Waals surface area contributed by atoms with Crippen LogP contribution in [0.2, 0.25) is 0 Å². The third-order valence-corrected chi connectivity index (χ3v) is 5.66. The zero-order valence-electron chi connectivity index (χ0n) is 15.0. The number of hydrogen-bond donors (Lipinski definition) is 1. The molecule has 1 amide bonds. The van der Waals surface area contributed by atoms with E-state index in [2.05, 4.69) is 48.4 Å². The summed E-state index contributed by atoms with van der Waals surface area (Å²) in [4.78, 5) is 16.5. The van der Waals surface area contributed by atoms with E-state index in [4.69, 9.17) is 4.42 Å². The Morgan fingerprint density at radius 3 is 2.38 bits per heavy atom. The van der Waals surface area contributed by atoms with Gasteiger partial charge >= 0.3 is 0 Å². The fourth-order valence-corrected chi connectivity index (χ4v) is 3.84. The van der Waals surface area contributed by atoms with Gasteiger partial charge in [0, 0.05) is 23.1 Å². The fraction of sp³-hybridized carbons (Fsp3) is 0.273. The summed E-state index contributed by atoms with van der Waals surface area (Å²) in [6.07, 6.45) is 4.14. The molecule has 4 heteroatoms. The van der Waals surface area contributed by atoms with E-state index in [1.54, 1.807) is 6.20 Å². The van der Waals surface area contributed by atoms with Gasteiger partial charge in [0.15, 0.2) is 12.2 Å². The van der Waals surface area contributed by atoms with Gasteiger partial charge in [0.2, 0.25) is 0 Å². The van der Waals surface area contributed by atoms with Crippen molar-refractivity contribution in [3.05, 3.63) is 78.3 Å². The Morgan fingerprint density at radius 2 is 1.81 bits per heavy atom. The van der Waals surface area contributed by atoms with Crippen LogP contribution in [-0.2, 0) is 5.41 Å². The number of amides is 1. The molecule has 4 nitrogen and oxygen atoms in total. The first-order valence-electron chi connectivity index (χ1n) is 8.85. The maximum Gasteiger partial charge on any atom is 0.251 e. The second-order valence-electron chi connectivity index (χ2n) is 7.63. The molecule has 4 rings (SSSR count). The average molecular weight is 346 g/mol. The molecule has 1 atom stereocenters. The minimum Gasteiger partial charge on any atom is -0.444 e. The van der Waals surface area contributed by atoms with Crippen LogP contribution in [0.1, 0.15) is 36.2 Å². The molecule has 1 heterocycles. The predicted molar refractivity (Wildman–Crippen MR) is 101 cm³/mol. The van der Waals surface area contributed by atoms with Crippen LogP contribution in [0.15, 0.2) is 71.6 Å². The molecule has 0 radical (unpaired) electrons. The van der Waals surface area contributed by atoms with E-state index in [-0.39, 0.29) is 16.7 Å². The minimum absolute atomic E-state index is 0.0176. The number of benzene rings is 2. The summed E-state index contributed by atoms with van der Waals surface area (Å²) in [5.74, 6) is 0.645. The minimum atomic E-state index is -0.0490. The predicted octanol–water partition coefficient (Wildman–Crippen LogP) is 4.44. The molecule has 0 bridgehead atoms. The molecule has 2 aromatic carbocycles. The van der Waals surface area contributed by atoms with E-state index < -0.39 is 0 Å². The number of oxazole rings is 1. The fourth-order valence-electron chi connectivity index (χ4n) is 3.84. The number of nitrogens with one attached hydrogen (secondary N) is 1. The summed E-state index contributed by atoms with van der Waals surface area (Å²) < 4.78 is 5.28. The number of aromatic nitrogens is 1. The summed E-state index contributed by atoms with van der Waals surface area (Å²) in [7, 11) is 0. The van der Waals surface area contributed by atoms with E-state index >= 15 is 0 Å². The Balaban J connectivity index is 1.47. The number of carbonyl (C=O) groups excluding carboxylic acids is 1. The van der Waals surface area contributed by atoms with E-state index in [9.17, 15) is 4.79 Å². The van der Waals surface area contributed by atoms with Crippen LogP contribution in [0.5, 0.6) is 0 Å². The van der Waals surface area contributed by atoms with Gasteiger partial charge in [-0.2, -0.15) is 0 Å². The molecule has 26 heavy (non-hydrogen) atoms. The van der Waals surface area contributed by atoms with E-state index in [0.717, 1.165) is 12.0 Å². The molecule has 0 aliphatic heterocycles. The first-order chi connectivity index (χ1) is 12.5. The van der Waals surface area contributed by atoms with Crippen molar-refractivity contribution < 1.29 is 9.21 Å². The second kappa shape index (κ2) is 6.13. The molecule has 132 valence electrons. The maximum atomic E-state index is 12.6. The van der Waals surface area contributed by atoms with Crippen molar-refractivity contribution in [2.45, 2.75) is 25.7 Å². The highest BCUT2D eigenvalue weighted by molar-refractivity contribution is 5.94. The molecule has 0 unspecified atom stereocenters. The van der Waals surface area contributed by atoms with Crippen LogP contribution >= 0.6 is 0 Å². The van der Waals surface area contributed by atoms with E-state index in [0.29, 0.717) is 17.9 Å². The van der Waals surface area contributed by atoms with Crippen molar-refractivity contribution >= 4 is 5.91 Å². The first-order valence-corrected chi connectivity index (χ1v) is 8.85. The molecule has 1 aromatic heterocycles. The highest BCUT2D eigenvalue weighted by atomic mass is 16.3. The van der Waals surface area contributed by atoms with E-state index in [1.807, 2.05) is 30.3 Å². The van der Waals surface area contributed by atoms with Crippen LogP contribution in [-0.4, -0.2) is 17.4 Å². The quantitative estimate of drug-likeness (QED) is 0.743. The summed E-state index contributed by atoms with van der Waals surface area (Å²) in [6.45, 7) is 5.17. The van der Waals surface area contributed by atoms with Gasteiger partial charge in [0.05, 0.1) is 6.20 Å². The summed E-state index contributed by atoms with van der Waals surface area (Å²) >= 11 is 0. The molecule has 1 fully saturated rings. The van der Waals surface area contributed by atoms with Crippen molar-refractivity contribution in [2.24, 2.45) is 5.41 Å². The van der Waals surface area contributed by atoms with Crippen LogP contribution in [0.3, 0.4) is 0 Å². The highest BCUT2D eigenvalue weighted by Gasteiger charge is 2.61. The van der Waals surface area contributed by atoms with Crippen molar-refractivity contribution in [1.29, 1.82) is 0 Å². The Morgan fingerprint density at radius 1 is 1.12 bits per heavy atom. The van der Waals surface area contributed by atoms with Crippen molar-refractivity contribution in [3.63, 3.8) is 0 Å². The number of rotatable bonds is 5. The van der Waals surface area contributed by atoms with Gasteiger partial charge in [-0.15, -0.1) is 0 Å². The lowest BCUT2D eigenvalue weighted by Crippen LogP contribution is -2.34. The number of hydrogen-bond acceptors (Lipinski definition) is 3. The van der Waals surface area contributed by atoms with Gasteiger partial charge in [0.25, 0.3) is 5.91 Å². The van der Waals surface area contributed by atoms with Gasteiger partial charge in [-0.3, -0.25) is 4.79 Å².